The number of carbonyl (C=O) groups is 2. The van der Waals surface area contributed by atoms with E-state index in [1.807, 2.05) is 0 Å². The summed E-state index contributed by atoms with van der Waals surface area (Å²) in [5.74, 6) is -1.50. The first-order valence-corrected chi connectivity index (χ1v) is 8.33. The van der Waals surface area contributed by atoms with E-state index < -0.39 is 21.7 Å². The SMILES string of the molecule is NC(=O)c1cc(S(=O)(=O)Nc2ccc3c(c2)NC(=O)C3)ccc1O. The lowest BCUT2D eigenvalue weighted by Gasteiger charge is -2.10. The number of nitrogens with two attached hydrogens (primary N) is 1. The topological polar surface area (TPSA) is 139 Å². The van der Waals surface area contributed by atoms with Crippen LogP contribution < -0.4 is 15.8 Å². The Hall–Kier alpha value is -3.07. The summed E-state index contributed by atoms with van der Waals surface area (Å²) in [6.45, 7) is 0. The van der Waals surface area contributed by atoms with E-state index >= 15 is 0 Å². The standard InChI is InChI=1S/C15H13N3O5S/c16-15(21)11-7-10(3-4-13(11)19)24(22,23)18-9-2-1-8-5-14(20)17-12(8)6-9/h1-4,6-7,18-19H,5H2,(H2,16,21)(H,17,20). The third-order valence-corrected chi connectivity index (χ3v) is 4.91. The van der Waals surface area contributed by atoms with Crippen molar-refractivity contribution in [2.24, 2.45) is 5.73 Å². The first kappa shape index (κ1) is 15.8. The molecule has 1 heterocycles. The highest BCUT2D eigenvalue weighted by Gasteiger charge is 2.21. The summed E-state index contributed by atoms with van der Waals surface area (Å²) < 4.78 is 27.2. The molecule has 2 amide bonds. The second kappa shape index (κ2) is 5.53. The normalized spacial score (nSPS) is 13.2. The number of benzene rings is 2. The molecule has 9 heteroatoms. The molecular weight excluding hydrogens is 334 g/mol. The van der Waals surface area contributed by atoms with Gasteiger partial charge in [0.25, 0.3) is 15.9 Å². The smallest absolute Gasteiger partial charge is 0.261 e. The summed E-state index contributed by atoms with van der Waals surface area (Å²) in [5.41, 5.74) is 6.39. The number of sulfonamides is 1. The number of hydrogen-bond acceptors (Lipinski definition) is 5. The van der Waals surface area contributed by atoms with Crippen LogP contribution in [0.5, 0.6) is 5.75 Å². The van der Waals surface area contributed by atoms with E-state index in [1.54, 1.807) is 6.07 Å². The molecule has 8 nitrogen and oxygen atoms in total. The third-order valence-electron chi connectivity index (χ3n) is 3.53. The van der Waals surface area contributed by atoms with Gasteiger partial charge in [-0.3, -0.25) is 14.3 Å². The van der Waals surface area contributed by atoms with Crippen molar-refractivity contribution in [3.63, 3.8) is 0 Å². The van der Waals surface area contributed by atoms with Crippen molar-refractivity contribution in [3.8, 4) is 5.75 Å². The zero-order valence-corrected chi connectivity index (χ0v) is 13.1. The van der Waals surface area contributed by atoms with Crippen molar-refractivity contribution in [3.05, 3.63) is 47.5 Å². The van der Waals surface area contributed by atoms with Gasteiger partial charge < -0.3 is 16.2 Å². The van der Waals surface area contributed by atoms with E-state index in [0.29, 0.717) is 5.69 Å². The highest BCUT2D eigenvalue weighted by molar-refractivity contribution is 7.92. The van der Waals surface area contributed by atoms with Crippen molar-refractivity contribution < 1.29 is 23.1 Å². The van der Waals surface area contributed by atoms with Gasteiger partial charge in [0.2, 0.25) is 5.91 Å². The molecule has 0 radical (unpaired) electrons. The quantitative estimate of drug-likeness (QED) is 0.647. The lowest BCUT2D eigenvalue weighted by atomic mass is 10.1. The molecule has 24 heavy (non-hydrogen) atoms. The number of aromatic hydroxyl groups is 1. The molecule has 0 aliphatic carbocycles. The van der Waals surface area contributed by atoms with Gasteiger partial charge in [0, 0.05) is 5.69 Å². The largest absolute Gasteiger partial charge is 0.507 e. The molecule has 124 valence electrons. The second-order valence-electron chi connectivity index (χ2n) is 5.25. The fraction of sp³-hybridized carbons (Fsp3) is 0.0667. The Morgan fingerprint density at radius 3 is 2.67 bits per heavy atom. The molecule has 2 aromatic rings. The van der Waals surface area contributed by atoms with Crippen LogP contribution in [0.3, 0.4) is 0 Å². The third kappa shape index (κ3) is 2.88. The van der Waals surface area contributed by atoms with Crippen molar-refractivity contribution in [1.82, 2.24) is 0 Å². The molecule has 0 saturated carbocycles. The highest BCUT2D eigenvalue weighted by atomic mass is 32.2. The maximum Gasteiger partial charge on any atom is 0.261 e. The van der Waals surface area contributed by atoms with Crippen LogP contribution in [0.1, 0.15) is 15.9 Å². The summed E-state index contributed by atoms with van der Waals surface area (Å²) >= 11 is 0. The van der Waals surface area contributed by atoms with Crippen LogP contribution in [0.2, 0.25) is 0 Å². The zero-order valence-electron chi connectivity index (χ0n) is 12.2. The van der Waals surface area contributed by atoms with Crippen molar-refractivity contribution in [2.45, 2.75) is 11.3 Å². The fourth-order valence-corrected chi connectivity index (χ4v) is 3.45. The number of nitrogens with one attached hydrogen (secondary N) is 2. The van der Waals surface area contributed by atoms with Crippen LogP contribution in [0.15, 0.2) is 41.3 Å². The van der Waals surface area contributed by atoms with Crippen LogP contribution in [0.4, 0.5) is 11.4 Å². The Bertz CT molecular complexity index is 969. The molecule has 0 atom stereocenters. The lowest BCUT2D eigenvalue weighted by Crippen LogP contribution is -2.16. The van der Waals surface area contributed by atoms with Gasteiger partial charge in [0.1, 0.15) is 5.75 Å². The summed E-state index contributed by atoms with van der Waals surface area (Å²) in [7, 11) is -4.00. The molecule has 0 unspecified atom stereocenters. The van der Waals surface area contributed by atoms with E-state index in [1.165, 1.54) is 12.1 Å². The maximum absolute atomic E-state index is 12.4. The monoisotopic (exact) mass is 347 g/mol. The van der Waals surface area contributed by atoms with Gasteiger partial charge in [-0.05, 0) is 35.9 Å². The molecular formula is C15H13N3O5S. The van der Waals surface area contributed by atoms with Gasteiger partial charge >= 0.3 is 0 Å². The molecule has 3 rings (SSSR count). The predicted octanol–water partition coefficient (Wildman–Crippen LogP) is 0.786. The Kier molecular flexibility index (Phi) is 3.64. The molecule has 0 saturated heterocycles. The molecule has 2 aromatic carbocycles. The van der Waals surface area contributed by atoms with Crippen LogP contribution >= 0.6 is 0 Å². The van der Waals surface area contributed by atoms with E-state index in [9.17, 15) is 23.1 Å². The molecule has 0 spiro atoms. The number of rotatable bonds is 4. The fourth-order valence-electron chi connectivity index (χ4n) is 2.37. The van der Waals surface area contributed by atoms with E-state index in [0.717, 1.165) is 23.8 Å². The first-order valence-electron chi connectivity index (χ1n) is 6.85. The molecule has 0 bridgehead atoms. The Labute approximate surface area is 137 Å². The molecule has 1 aliphatic heterocycles. The van der Waals surface area contributed by atoms with Crippen molar-refractivity contribution in [2.75, 3.05) is 10.0 Å². The van der Waals surface area contributed by atoms with E-state index in [-0.39, 0.29) is 28.5 Å². The van der Waals surface area contributed by atoms with Crippen LogP contribution in [-0.2, 0) is 21.2 Å². The number of fused-ring (bicyclic) bond motifs is 1. The van der Waals surface area contributed by atoms with Gasteiger partial charge in [-0.2, -0.15) is 0 Å². The highest BCUT2D eigenvalue weighted by Crippen LogP contribution is 2.28. The van der Waals surface area contributed by atoms with Crippen molar-refractivity contribution >= 4 is 33.2 Å². The number of phenols is 1. The zero-order chi connectivity index (χ0) is 17.5. The Morgan fingerprint density at radius 2 is 1.96 bits per heavy atom. The minimum absolute atomic E-state index is 0.158. The molecule has 0 aromatic heterocycles. The first-order chi connectivity index (χ1) is 11.3. The average Bonchev–Trinajstić information content (AvgIpc) is 2.86. The molecule has 5 N–H and O–H groups in total. The number of anilines is 2. The maximum atomic E-state index is 12.4. The molecule has 0 fully saturated rings. The summed E-state index contributed by atoms with van der Waals surface area (Å²) in [5, 5.41) is 12.2. The Morgan fingerprint density at radius 1 is 1.21 bits per heavy atom. The summed E-state index contributed by atoms with van der Waals surface area (Å²) in [6.07, 6.45) is 0.252. The van der Waals surface area contributed by atoms with Gasteiger partial charge in [-0.25, -0.2) is 8.42 Å². The lowest BCUT2D eigenvalue weighted by molar-refractivity contribution is -0.115. The number of amides is 2. The second-order valence-corrected chi connectivity index (χ2v) is 6.93. The average molecular weight is 347 g/mol. The van der Waals surface area contributed by atoms with Crippen LogP contribution in [0.25, 0.3) is 0 Å². The van der Waals surface area contributed by atoms with Gasteiger partial charge in [0.15, 0.2) is 0 Å². The minimum atomic E-state index is -4.00. The number of carbonyl (C=O) groups excluding carboxylic acids is 2. The van der Waals surface area contributed by atoms with Crippen LogP contribution in [-0.4, -0.2) is 25.3 Å². The van der Waals surface area contributed by atoms with Crippen LogP contribution in [0, 0.1) is 0 Å². The van der Waals surface area contributed by atoms with Crippen molar-refractivity contribution in [1.29, 1.82) is 0 Å². The van der Waals surface area contributed by atoms with Gasteiger partial charge in [-0.15, -0.1) is 0 Å². The number of primary amides is 1. The van der Waals surface area contributed by atoms with E-state index in [4.69, 9.17) is 5.73 Å². The summed E-state index contributed by atoms with van der Waals surface area (Å²) in [6, 6.07) is 7.92. The Balaban J connectivity index is 1.92. The predicted molar refractivity (Wildman–Crippen MR) is 86.2 cm³/mol. The summed E-state index contributed by atoms with van der Waals surface area (Å²) in [4.78, 5) is 22.3. The van der Waals surface area contributed by atoms with Gasteiger partial charge in [-0.1, -0.05) is 6.07 Å². The van der Waals surface area contributed by atoms with E-state index in [2.05, 4.69) is 10.0 Å². The minimum Gasteiger partial charge on any atom is -0.507 e. The van der Waals surface area contributed by atoms with Gasteiger partial charge in [0.05, 0.1) is 22.6 Å². The number of hydrogen-bond donors (Lipinski definition) is 4. The molecule has 1 aliphatic rings.